The van der Waals surface area contributed by atoms with Crippen molar-refractivity contribution in [3.8, 4) is 22.3 Å². The average Bonchev–Trinajstić information content (AvgIpc) is 3.01. The van der Waals surface area contributed by atoms with Crippen LogP contribution in [0.15, 0.2) is 60.7 Å². The van der Waals surface area contributed by atoms with E-state index in [0.29, 0.717) is 0 Å². The van der Waals surface area contributed by atoms with Gasteiger partial charge in [0, 0.05) is 0 Å². The maximum Gasteiger partial charge on any atom is 0.101 e. The van der Waals surface area contributed by atoms with Gasteiger partial charge in [0.05, 0.1) is 0 Å². The highest BCUT2D eigenvalue weighted by molar-refractivity contribution is 6.91. The molecule has 2 aliphatic rings. The van der Waals surface area contributed by atoms with E-state index in [9.17, 15) is 0 Å². The van der Waals surface area contributed by atoms with E-state index in [0.717, 1.165) is 0 Å². The summed E-state index contributed by atoms with van der Waals surface area (Å²) < 4.78 is 0. The van der Waals surface area contributed by atoms with Crippen LogP contribution in [0.4, 0.5) is 0 Å². The molecule has 0 amide bonds. The normalized spacial score (nSPS) is 20.3. The summed E-state index contributed by atoms with van der Waals surface area (Å²) >= 11 is 0. The van der Waals surface area contributed by atoms with Crippen LogP contribution in [0.5, 0.6) is 0 Å². The Bertz CT molecular complexity index is 849. The summed E-state index contributed by atoms with van der Waals surface area (Å²) in [6, 6.07) is 23.3. The standard InChI is InChI=1S/C20H18Si2/c1-21-17-9-5-3-7-13(17)15-12-20-16(11-19(15)21)14-8-4-6-10-18(14)22(20)2/h3-12,21-22H,1-2H3. The van der Waals surface area contributed by atoms with Gasteiger partial charge in [-0.1, -0.05) is 84.1 Å². The number of rotatable bonds is 0. The van der Waals surface area contributed by atoms with Crippen LogP contribution in [-0.4, -0.2) is 17.6 Å². The number of hydrogen-bond donors (Lipinski definition) is 0. The maximum absolute atomic E-state index is 2.55. The molecule has 0 aliphatic carbocycles. The first kappa shape index (κ1) is 12.6. The molecule has 2 atom stereocenters. The Hall–Kier alpha value is -1.91. The number of fused-ring (bicyclic) bond motifs is 6. The molecule has 2 heteroatoms. The summed E-state index contributed by atoms with van der Waals surface area (Å²) in [5.41, 5.74) is 6.11. The van der Waals surface area contributed by atoms with Crippen molar-refractivity contribution in [2.24, 2.45) is 0 Å². The smallest absolute Gasteiger partial charge is 0.0641 e. The van der Waals surface area contributed by atoms with Gasteiger partial charge in [0.2, 0.25) is 0 Å². The zero-order chi connectivity index (χ0) is 14.8. The largest absolute Gasteiger partial charge is 0.101 e. The third-order valence-electron chi connectivity index (χ3n) is 5.59. The van der Waals surface area contributed by atoms with Gasteiger partial charge in [0.25, 0.3) is 0 Å². The zero-order valence-corrected chi connectivity index (χ0v) is 15.2. The van der Waals surface area contributed by atoms with E-state index in [-0.39, 0.29) is 0 Å². The topological polar surface area (TPSA) is 0 Å². The van der Waals surface area contributed by atoms with Crippen LogP contribution in [0, 0.1) is 0 Å². The predicted molar refractivity (Wildman–Crippen MR) is 102 cm³/mol. The predicted octanol–water partition coefficient (Wildman–Crippen LogP) is 1.59. The van der Waals surface area contributed by atoms with Gasteiger partial charge in [-0.3, -0.25) is 0 Å². The summed E-state index contributed by atoms with van der Waals surface area (Å²) in [7, 11) is -2.00. The molecule has 0 saturated heterocycles. The van der Waals surface area contributed by atoms with Gasteiger partial charge >= 0.3 is 0 Å². The highest BCUT2D eigenvalue weighted by atomic mass is 28.3. The lowest BCUT2D eigenvalue weighted by atomic mass is 10.0. The summed E-state index contributed by atoms with van der Waals surface area (Å²) in [6.45, 7) is 4.97. The molecule has 2 unspecified atom stereocenters. The first-order chi connectivity index (χ1) is 10.8. The molecule has 0 radical (unpaired) electrons. The van der Waals surface area contributed by atoms with Crippen molar-refractivity contribution in [3.05, 3.63) is 60.7 Å². The zero-order valence-electron chi connectivity index (χ0n) is 12.9. The monoisotopic (exact) mass is 314 g/mol. The van der Waals surface area contributed by atoms with Crippen LogP contribution < -0.4 is 20.7 Å². The fourth-order valence-electron chi connectivity index (χ4n) is 4.39. The van der Waals surface area contributed by atoms with Gasteiger partial charge in [0.1, 0.15) is 17.6 Å². The molecule has 3 aromatic carbocycles. The van der Waals surface area contributed by atoms with Crippen molar-refractivity contribution in [1.29, 1.82) is 0 Å². The highest BCUT2D eigenvalue weighted by Crippen LogP contribution is 2.28. The molecule has 0 bridgehead atoms. The first-order valence-corrected chi connectivity index (χ1v) is 12.7. The van der Waals surface area contributed by atoms with Gasteiger partial charge in [-0.2, -0.15) is 0 Å². The summed E-state index contributed by atoms with van der Waals surface area (Å²) in [5, 5.41) is 6.56. The Morgan fingerprint density at radius 3 is 1.36 bits per heavy atom. The lowest BCUT2D eigenvalue weighted by molar-refractivity contribution is 1.71. The summed E-state index contributed by atoms with van der Waals surface area (Å²) in [4.78, 5) is 0. The van der Waals surface area contributed by atoms with Crippen LogP contribution in [0.3, 0.4) is 0 Å². The van der Waals surface area contributed by atoms with Crippen molar-refractivity contribution in [2.75, 3.05) is 0 Å². The van der Waals surface area contributed by atoms with Crippen LogP contribution >= 0.6 is 0 Å². The summed E-state index contributed by atoms with van der Waals surface area (Å²) in [5.74, 6) is 0. The lowest BCUT2D eigenvalue weighted by Gasteiger charge is -2.10. The van der Waals surface area contributed by atoms with Gasteiger partial charge in [0.15, 0.2) is 0 Å². The van der Waals surface area contributed by atoms with E-state index < -0.39 is 17.6 Å². The molecule has 2 heterocycles. The van der Waals surface area contributed by atoms with E-state index >= 15 is 0 Å². The molecular weight excluding hydrogens is 296 g/mol. The Labute approximate surface area is 134 Å². The van der Waals surface area contributed by atoms with E-state index in [1.165, 1.54) is 11.1 Å². The van der Waals surface area contributed by atoms with Crippen molar-refractivity contribution >= 4 is 38.3 Å². The molecule has 0 aromatic heterocycles. The van der Waals surface area contributed by atoms with Gasteiger partial charge < -0.3 is 0 Å². The van der Waals surface area contributed by atoms with Crippen molar-refractivity contribution in [3.63, 3.8) is 0 Å². The van der Waals surface area contributed by atoms with E-state index in [1.807, 2.05) is 0 Å². The quantitative estimate of drug-likeness (QED) is 0.553. The third kappa shape index (κ3) is 1.46. The minimum atomic E-state index is -0.999. The van der Waals surface area contributed by atoms with E-state index in [2.05, 4.69) is 73.8 Å². The van der Waals surface area contributed by atoms with Crippen molar-refractivity contribution in [2.45, 2.75) is 13.1 Å². The minimum Gasteiger partial charge on any atom is -0.0641 e. The molecule has 22 heavy (non-hydrogen) atoms. The minimum absolute atomic E-state index is 0.999. The molecular formula is C20H18Si2. The second-order valence-electron chi connectivity index (χ2n) is 6.64. The molecule has 0 spiro atoms. The highest BCUT2D eigenvalue weighted by Gasteiger charge is 2.32. The molecule has 2 aliphatic heterocycles. The molecule has 0 N–H and O–H groups in total. The van der Waals surface area contributed by atoms with E-state index in [1.54, 1.807) is 31.9 Å². The van der Waals surface area contributed by atoms with Crippen LogP contribution in [-0.2, 0) is 0 Å². The molecule has 106 valence electrons. The molecule has 0 fully saturated rings. The second-order valence-corrected chi connectivity index (χ2v) is 12.0. The van der Waals surface area contributed by atoms with Crippen LogP contribution in [0.25, 0.3) is 22.3 Å². The Morgan fingerprint density at radius 1 is 0.500 bits per heavy atom. The Morgan fingerprint density at radius 2 is 0.909 bits per heavy atom. The average molecular weight is 315 g/mol. The number of benzene rings is 3. The van der Waals surface area contributed by atoms with Crippen molar-refractivity contribution in [1.82, 2.24) is 0 Å². The summed E-state index contributed by atoms with van der Waals surface area (Å²) in [6.07, 6.45) is 0. The van der Waals surface area contributed by atoms with Gasteiger partial charge in [-0.05, 0) is 32.6 Å². The van der Waals surface area contributed by atoms with Crippen molar-refractivity contribution < 1.29 is 0 Å². The second kappa shape index (κ2) is 4.31. The number of hydrogen-bond acceptors (Lipinski definition) is 0. The van der Waals surface area contributed by atoms with Crippen LogP contribution in [0.1, 0.15) is 0 Å². The lowest BCUT2D eigenvalue weighted by Crippen LogP contribution is -2.37. The molecule has 5 rings (SSSR count). The Balaban J connectivity index is 1.81. The Kier molecular flexibility index (Phi) is 2.47. The first-order valence-electron chi connectivity index (χ1n) is 8.12. The fourth-order valence-corrected chi connectivity index (χ4v) is 9.54. The van der Waals surface area contributed by atoms with Gasteiger partial charge in [-0.15, -0.1) is 0 Å². The van der Waals surface area contributed by atoms with Gasteiger partial charge in [-0.25, -0.2) is 0 Å². The third-order valence-corrected chi connectivity index (χ3v) is 11.3. The maximum atomic E-state index is 2.55. The van der Waals surface area contributed by atoms with E-state index in [4.69, 9.17) is 0 Å². The SMILES string of the molecule is C[SiH]1c2ccccc2-c2cc3c(cc21)-c1ccccc1[SiH]3C. The van der Waals surface area contributed by atoms with Crippen LogP contribution in [0.2, 0.25) is 13.1 Å². The molecule has 0 saturated carbocycles. The molecule has 0 nitrogen and oxygen atoms in total. The fraction of sp³-hybridized carbons (Fsp3) is 0.100. The molecule has 3 aromatic rings.